The van der Waals surface area contributed by atoms with Crippen molar-refractivity contribution in [2.24, 2.45) is 11.8 Å². The Bertz CT molecular complexity index is 888. The van der Waals surface area contributed by atoms with Gasteiger partial charge in [-0.25, -0.2) is 0 Å². The van der Waals surface area contributed by atoms with Gasteiger partial charge in [-0.2, -0.15) is 0 Å². The van der Waals surface area contributed by atoms with Crippen molar-refractivity contribution in [3.8, 4) is 5.75 Å². The number of aryl methyl sites for hydroxylation is 2. The molecule has 0 unspecified atom stereocenters. The number of carboxylic acid groups (broad SMARTS) is 1. The number of aliphatic carboxylic acids is 1. The molecule has 0 fully saturated rings. The summed E-state index contributed by atoms with van der Waals surface area (Å²) in [6.45, 7) is 9.75. The first-order valence-electron chi connectivity index (χ1n) is 10.2. The predicted molar refractivity (Wildman–Crippen MR) is 118 cm³/mol. The van der Waals surface area contributed by atoms with Crippen LogP contribution < -0.4 is 10.0 Å². The highest BCUT2D eigenvalue weighted by molar-refractivity contribution is 7.60. The van der Waals surface area contributed by atoms with Gasteiger partial charge in [0.05, 0.1) is 0 Å². The lowest BCUT2D eigenvalue weighted by atomic mass is 9.93. The van der Waals surface area contributed by atoms with Crippen LogP contribution in [-0.4, -0.2) is 36.0 Å². The molecule has 5 N–H and O–H groups in total. The van der Waals surface area contributed by atoms with Crippen LogP contribution in [0.15, 0.2) is 6.07 Å². The van der Waals surface area contributed by atoms with Gasteiger partial charge < -0.3 is 29.4 Å². The molecule has 1 aromatic rings. The number of carboxylic acids is 1. The molecule has 0 saturated heterocycles. The molecule has 0 amide bonds. The number of rotatable bonds is 11. The molecule has 0 atom stereocenters. The maximum absolute atomic E-state index is 12.6. The predicted octanol–water partition coefficient (Wildman–Crippen LogP) is 3.20. The van der Waals surface area contributed by atoms with E-state index in [1.807, 2.05) is 0 Å². The molecule has 178 valence electrons. The summed E-state index contributed by atoms with van der Waals surface area (Å²) in [6, 6.07) is 1.63. The van der Waals surface area contributed by atoms with Crippen LogP contribution in [0.3, 0.4) is 0 Å². The standard InChI is InChI=1S/C20H34O9P2/c1-7-14-11-15(9-10-17(21)22)16(8-2)19(30(23,24)25)18(14)29-20(12(3)4,13(5)6)31(26,27)28/h11-13H,7-10H2,1-6H3,(H,21,22)(H2,23,24,25)(H2,26,27,28). The molecule has 9 nitrogen and oxygen atoms in total. The Morgan fingerprint density at radius 3 is 1.84 bits per heavy atom. The molecule has 0 aliphatic heterocycles. The van der Waals surface area contributed by atoms with Crippen LogP contribution in [0.5, 0.6) is 5.75 Å². The van der Waals surface area contributed by atoms with E-state index in [4.69, 9.17) is 9.84 Å². The minimum absolute atomic E-state index is 0.0663. The van der Waals surface area contributed by atoms with Crippen LogP contribution >= 0.6 is 15.2 Å². The molecule has 0 bridgehead atoms. The minimum atomic E-state index is -4.95. The van der Waals surface area contributed by atoms with Crippen molar-refractivity contribution in [2.45, 2.75) is 72.6 Å². The molecule has 31 heavy (non-hydrogen) atoms. The van der Waals surface area contributed by atoms with E-state index in [1.54, 1.807) is 47.6 Å². The zero-order valence-electron chi connectivity index (χ0n) is 18.8. The third kappa shape index (κ3) is 5.78. The summed E-state index contributed by atoms with van der Waals surface area (Å²) in [5, 5.41) is 6.62. The third-order valence-electron chi connectivity index (χ3n) is 5.54. The van der Waals surface area contributed by atoms with Crippen molar-refractivity contribution in [1.82, 2.24) is 0 Å². The fourth-order valence-electron chi connectivity index (χ4n) is 4.15. The molecule has 1 rings (SSSR count). The van der Waals surface area contributed by atoms with E-state index < -0.39 is 43.6 Å². The van der Waals surface area contributed by atoms with Gasteiger partial charge in [0.1, 0.15) is 11.1 Å². The fourth-order valence-corrected chi connectivity index (χ4v) is 6.81. The monoisotopic (exact) mass is 480 g/mol. The quantitative estimate of drug-likeness (QED) is 0.299. The van der Waals surface area contributed by atoms with E-state index in [0.717, 1.165) is 0 Å². The molecule has 0 heterocycles. The second-order valence-corrected chi connectivity index (χ2v) is 11.5. The maximum Gasteiger partial charge on any atom is 0.369 e. The number of benzene rings is 1. The van der Waals surface area contributed by atoms with Crippen molar-refractivity contribution in [2.75, 3.05) is 0 Å². The maximum atomic E-state index is 12.6. The van der Waals surface area contributed by atoms with Gasteiger partial charge in [-0.05, 0) is 36.0 Å². The van der Waals surface area contributed by atoms with Crippen LogP contribution in [0.2, 0.25) is 0 Å². The summed E-state index contributed by atoms with van der Waals surface area (Å²) in [4.78, 5) is 51.9. The molecule has 1 aromatic carbocycles. The summed E-state index contributed by atoms with van der Waals surface area (Å²) in [5.41, 5.74) is 1.08. The lowest BCUT2D eigenvalue weighted by molar-refractivity contribution is -0.136. The average Bonchev–Trinajstić information content (AvgIpc) is 2.60. The highest BCUT2D eigenvalue weighted by atomic mass is 31.2. The van der Waals surface area contributed by atoms with Crippen molar-refractivity contribution in [3.05, 3.63) is 22.8 Å². The SMILES string of the molecule is CCc1cc(CCC(=O)O)c(CC)c(P(=O)(O)O)c1OC(C(C)C)(C(C)C)P(=O)(O)O. The molecule has 11 heteroatoms. The van der Waals surface area contributed by atoms with Gasteiger partial charge in [0.2, 0.25) is 5.34 Å². The second kappa shape index (κ2) is 10.2. The van der Waals surface area contributed by atoms with Gasteiger partial charge in [-0.1, -0.05) is 47.6 Å². The van der Waals surface area contributed by atoms with E-state index in [1.165, 1.54) is 0 Å². The van der Waals surface area contributed by atoms with E-state index in [9.17, 15) is 33.5 Å². The Balaban J connectivity index is 4.01. The smallest absolute Gasteiger partial charge is 0.369 e. The summed E-state index contributed by atoms with van der Waals surface area (Å²) in [7, 11) is -9.85. The number of ether oxygens (including phenoxy) is 1. The van der Waals surface area contributed by atoms with Crippen LogP contribution in [0, 0.1) is 11.8 Å². The zero-order valence-corrected chi connectivity index (χ0v) is 20.6. The van der Waals surface area contributed by atoms with Gasteiger partial charge in [0, 0.05) is 18.3 Å². The molecule has 0 aromatic heterocycles. The van der Waals surface area contributed by atoms with Gasteiger partial charge in [0.15, 0.2) is 0 Å². The molecule has 0 spiro atoms. The number of carbonyl (C=O) groups is 1. The zero-order chi connectivity index (χ0) is 24.4. The highest BCUT2D eigenvalue weighted by Gasteiger charge is 2.55. The lowest BCUT2D eigenvalue weighted by Crippen LogP contribution is -2.47. The second-order valence-electron chi connectivity index (χ2n) is 8.20. The highest BCUT2D eigenvalue weighted by Crippen LogP contribution is 2.59. The molecule has 0 radical (unpaired) electrons. The fraction of sp³-hybridized carbons (Fsp3) is 0.650. The Morgan fingerprint density at radius 1 is 1.00 bits per heavy atom. The van der Waals surface area contributed by atoms with Crippen molar-refractivity contribution >= 4 is 26.5 Å². The third-order valence-corrected chi connectivity index (χ3v) is 8.63. The summed E-state index contributed by atoms with van der Waals surface area (Å²) in [6.07, 6.45) is 0.292. The lowest BCUT2D eigenvalue weighted by Gasteiger charge is -2.42. The van der Waals surface area contributed by atoms with E-state index in [2.05, 4.69) is 0 Å². The van der Waals surface area contributed by atoms with Crippen LogP contribution in [-0.2, 0) is 33.2 Å². The Morgan fingerprint density at radius 2 is 1.52 bits per heavy atom. The number of hydrogen-bond donors (Lipinski definition) is 5. The first kappa shape index (κ1) is 27.8. The molecular formula is C20H34O9P2. The Hall–Kier alpha value is -1.21. The minimum Gasteiger partial charge on any atom is -0.481 e. The van der Waals surface area contributed by atoms with Crippen LogP contribution in [0.1, 0.15) is 64.7 Å². The van der Waals surface area contributed by atoms with Gasteiger partial charge in [-0.3, -0.25) is 13.9 Å². The molecule has 0 aliphatic carbocycles. The van der Waals surface area contributed by atoms with Gasteiger partial charge in [0.25, 0.3) is 0 Å². The van der Waals surface area contributed by atoms with Crippen molar-refractivity contribution < 1.29 is 43.3 Å². The van der Waals surface area contributed by atoms with E-state index in [0.29, 0.717) is 11.1 Å². The summed E-state index contributed by atoms with van der Waals surface area (Å²) < 4.78 is 31.2. The topological polar surface area (TPSA) is 162 Å². The molecule has 0 aliphatic rings. The Kier molecular flexibility index (Phi) is 9.12. The number of hydrogen-bond acceptors (Lipinski definition) is 4. The molecule has 0 saturated carbocycles. The van der Waals surface area contributed by atoms with Crippen LogP contribution in [0.25, 0.3) is 0 Å². The first-order chi connectivity index (χ1) is 14.0. The van der Waals surface area contributed by atoms with E-state index in [-0.39, 0.29) is 37.0 Å². The van der Waals surface area contributed by atoms with Crippen LogP contribution in [0.4, 0.5) is 0 Å². The van der Waals surface area contributed by atoms with Crippen molar-refractivity contribution in [1.29, 1.82) is 0 Å². The summed E-state index contributed by atoms with van der Waals surface area (Å²) >= 11 is 0. The van der Waals surface area contributed by atoms with Gasteiger partial charge >= 0.3 is 21.2 Å². The van der Waals surface area contributed by atoms with Crippen molar-refractivity contribution in [3.63, 3.8) is 0 Å². The van der Waals surface area contributed by atoms with Gasteiger partial charge in [-0.15, -0.1) is 0 Å². The van der Waals surface area contributed by atoms with E-state index >= 15 is 0 Å². The largest absolute Gasteiger partial charge is 0.481 e. The Labute approximate surface area is 183 Å². The average molecular weight is 480 g/mol. The first-order valence-corrected chi connectivity index (χ1v) is 13.5. The summed E-state index contributed by atoms with van der Waals surface area (Å²) in [5.74, 6) is -2.63. The molecular weight excluding hydrogens is 446 g/mol. The normalized spacial score (nSPS) is 13.2.